The Hall–Kier alpha value is -3.61. The van der Waals surface area contributed by atoms with Crippen molar-refractivity contribution < 1.29 is 133 Å². The molecule has 0 fully saturated rings. The van der Waals surface area contributed by atoms with Crippen LogP contribution in [0.4, 0.5) is 9.59 Å². The number of carbonyl (C=O) groups excluding carboxylic acids is 5. The number of amides is 2. The van der Waals surface area contributed by atoms with Crippen LogP contribution in [0, 0.1) is 0 Å². The third-order valence-corrected chi connectivity index (χ3v) is 10.7. The Kier molecular flexibility index (Phi) is 63.0. The maximum absolute atomic E-state index is 12.4. The summed E-state index contributed by atoms with van der Waals surface area (Å²) in [5, 5.41) is 8.83. The summed E-state index contributed by atoms with van der Waals surface area (Å²) in [6, 6.07) is 0. The Morgan fingerprint density at radius 3 is 0.638 bits per heavy atom. The number of ether oxygens (including phenoxy) is 22. The van der Waals surface area contributed by atoms with E-state index in [9.17, 15) is 24.0 Å². The van der Waals surface area contributed by atoms with Gasteiger partial charge in [-0.25, -0.2) is 9.59 Å². The van der Waals surface area contributed by atoms with Crippen molar-refractivity contribution in [2.75, 3.05) is 271 Å². The lowest BCUT2D eigenvalue weighted by Gasteiger charge is -2.27. The summed E-state index contributed by atoms with van der Waals surface area (Å²) in [4.78, 5) is 61.3. The van der Waals surface area contributed by atoms with E-state index in [0.717, 1.165) is 0 Å². The Morgan fingerprint density at radius 1 is 0.266 bits per heavy atom. The maximum atomic E-state index is 12.4. The molecule has 0 unspecified atom stereocenters. The molecule has 0 saturated carbocycles. The van der Waals surface area contributed by atoms with Crippen LogP contribution in [0.3, 0.4) is 0 Å². The zero-order chi connectivity index (χ0) is 70.1. The maximum Gasteiger partial charge on any atom is 0.410 e. The van der Waals surface area contributed by atoms with Gasteiger partial charge in [-0.2, -0.15) is 0 Å². The predicted molar refractivity (Wildman–Crippen MR) is 344 cm³/mol. The third kappa shape index (κ3) is 75.8. The molecule has 0 aromatic rings. The van der Waals surface area contributed by atoms with Gasteiger partial charge in [0.15, 0.2) is 0 Å². The molecule has 0 spiro atoms. The van der Waals surface area contributed by atoms with Crippen molar-refractivity contribution >= 4 is 30.4 Å². The number of aliphatic hydroxyl groups is 1. The molecule has 558 valence electrons. The fourth-order valence-corrected chi connectivity index (χ4v) is 6.62. The molecule has 0 radical (unpaired) electrons. The van der Waals surface area contributed by atoms with Crippen molar-refractivity contribution in [1.82, 2.24) is 9.80 Å². The number of carbonyl (C=O) groups is 5. The second-order valence-corrected chi connectivity index (χ2v) is 24.0. The number of nitrogens with zero attached hydrogens (tertiary/aromatic N) is 2. The summed E-state index contributed by atoms with van der Waals surface area (Å²) in [6.07, 6.45) is 0.217. The van der Waals surface area contributed by atoms with Crippen molar-refractivity contribution in [1.29, 1.82) is 0 Å². The molecule has 0 aliphatic heterocycles. The fraction of sp³-hybridized carbons (Fsp3) is 0.922. The number of hydrogen-bond donors (Lipinski definition) is 1. The van der Waals surface area contributed by atoms with Crippen LogP contribution >= 0.6 is 0 Å². The van der Waals surface area contributed by atoms with Gasteiger partial charge in [0.05, 0.1) is 251 Å². The highest BCUT2D eigenvalue weighted by molar-refractivity contribution is 5.70. The van der Waals surface area contributed by atoms with E-state index in [1.807, 2.05) is 62.3 Å². The largest absolute Gasteiger partial charge is 0.460 e. The fourth-order valence-electron chi connectivity index (χ4n) is 6.62. The number of esters is 2. The van der Waals surface area contributed by atoms with E-state index in [0.29, 0.717) is 250 Å². The second-order valence-electron chi connectivity index (χ2n) is 24.0. The lowest BCUT2D eigenvalue weighted by Crippen LogP contribution is -2.40. The van der Waals surface area contributed by atoms with Gasteiger partial charge in [0.2, 0.25) is 0 Å². The highest BCUT2D eigenvalue weighted by atomic mass is 16.6. The minimum Gasteiger partial charge on any atom is -0.460 e. The minimum absolute atomic E-state index is 0.0155. The number of hydrogen-bond acceptors (Lipinski definition) is 28. The second kappa shape index (κ2) is 64.1. The van der Waals surface area contributed by atoms with Gasteiger partial charge in [-0.3, -0.25) is 9.59 Å². The average molecular weight is 1370 g/mol. The Morgan fingerprint density at radius 2 is 0.447 bits per heavy atom. The highest BCUT2D eigenvalue weighted by Gasteiger charge is 2.24. The zero-order valence-electron chi connectivity index (χ0n) is 59.3. The summed E-state index contributed by atoms with van der Waals surface area (Å²) < 4.78 is 119. The first kappa shape index (κ1) is 92.4. The van der Waals surface area contributed by atoms with Gasteiger partial charge >= 0.3 is 24.1 Å². The molecule has 30 heteroatoms. The monoisotopic (exact) mass is 1370 g/mol. The van der Waals surface area contributed by atoms with E-state index >= 15 is 0 Å². The molecule has 0 heterocycles. The average Bonchev–Trinajstić information content (AvgIpc) is 2.09. The van der Waals surface area contributed by atoms with Crippen molar-refractivity contribution in [2.24, 2.45) is 0 Å². The molecule has 30 nitrogen and oxygen atoms in total. The number of aliphatic hydroxyl groups excluding tert-OH is 1. The summed E-state index contributed by atoms with van der Waals surface area (Å²) in [7, 11) is 0. The zero-order valence-corrected chi connectivity index (χ0v) is 59.3. The van der Waals surface area contributed by atoms with Crippen LogP contribution in [-0.2, 0) is 119 Å². The van der Waals surface area contributed by atoms with E-state index < -0.39 is 34.6 Å². The molecule has 0 bridgehead atoms. The van der Waals surface area contributed by atoms with Crippen LogP contribution in [0.15, 0.2) is 0 Å². The molecule has 2 amide bonds. The lowest BCUT2D eigenvalue weighted by molar-refractivity contribution is -0.157. The first-order valence-corrected chi connectivity index (χ1v) is 32.7. The van der Waals surface area contributed by atoms with E-state index in [4.69, 9.17) is 109 Å². The van der Waals surface area contributed by atoms with Gasteiger partial charge in [0.1, 0.15) is 35.3 Å². The third-order valence-electron chi connectivity index (χ3n) is 10.7. The normalized spacial score (nSPS) is 11.9. The van der Waals surface area contributed by atoms with E-state index in [1.165, 1.54) is 9.80 Å². The topological polar surface area (TPSA) is 315 Å². The first-order chi connectivity index (χ1) is 44.9. The molecule has 0 aromatic carbocycles. The van der Waals surface area contributed by atoms with E-state index in [1.54, 1.807) is 20.8 Å². The van der Waals surface area contributed by atoms with Gasteiger partial charge in [0, 0.05) is 26.2 Å². The van der Waals surface area contributed by atoms with Crippen LogP contribution in [0.1, 0.15) is 95.9 Å². The van der Waals surface area contributed by atoms with Crippen molar-refractivity contribution in [3.8, 4) is 0 Å². The smallest absolute Gasteiger partial charge is 0.410 e. The minimum atomic E-state index is -0.614. The predicted octanol–water partition coefficient (Wildman–Crippen LogP) is 4.40. The molecule has 94 heavy (non-hydrogen) atoms. The Bertz CT molecular complexity index is 1730. The lowest BCUT2D eigenvalue weighted by atomic mass is 10.2. The molecule has 0 aliphatic carbocycles. The van der Waals surface area contributed by atoms with Gasteiger partial charge in [0.25, 0.3) is 0 Å². The molecular formula is C64H124N2O28. The first-order valence-electron chi connectivity index (χ1n) is 32.7. The molecular weight excluding hydrogens is 1240 g/mol. The van der Waals surface area contributed by atoms with Crippen molar-refractivity contribution in [3.05, 3.63) is 0 Å². The van der Waals surface area contributed by atoms with Crippen LogP contribution < -0.4 is 0 Å². The Balaban J connectivity index is 0. The number of aldehydes is 1. The molecule has 0 aliphatic rings. The van der Waals surface area contributed by atoms with E-state index in [-0.39, 0.29) is 51.2 Å². The summed E-state index contributed by atoms with van der Waals surface area (Å²) in [5.41, 5.74) is -2.18. The molecule has 0 saturated heterocycles. The number of rotatable bonds is 64. The SMILES string of the molecule is CC(C)(C)OC(=O)CCOCCOCCOCCOCCOCCOCCOCCOCCN(CCOCC=O)C(=O)OC(C)(C)C.CC(C)(C)OC(=O)CCOCCOCCOCCOCCOCCOCCOCCOCCN(CCOCCO)C(=O)OC(C)(C)C. The van der Waals surface area contributed by atoms with Crippen LogP contribution in [0.5, 0.6) is 0 Å². The van der Waals surface area contributed by atoms with Gasteiger partial charge in [-0.1, -0.05) is 0 Å². The molecule has 0 atom stereocenters. The van der Waals surface area contributed by atoms with Gasteiger partial charge in [-0.15, -0.1) is 0 Å². The summed E-state index contributed by atoms with van der Waals surface area (Å²) in [6.45, 7) is 37.5. The molecule has 0 rings (SSSR count). The van der Waals surface area contributed by atoms with E-state index in [2.05, 4.69) is 0 Å². The summed E-state index contributed by atoms with van der Waals surface area (Å²) in [5.74, 6) is -0.545. The standard InChI is InChI=1S/C32H63NO14.C32H61NO14/c2*1-31(2,3)46-29(35)7-11-37-15-17-40-19-21-42-23-25-44-27-28-45-26-24-43-22-20-41-18-16-39-13-9-33(8-12-38-14-10-34)30(36)47-32(4,5)6/h34H,7-28H2,1-6H3;10H,7-9,11-28H2,1-6H3. The molecule has 1 N–H and O–H groups in total. The quantitative estimate of drug-likeness (QED) is 0.0382. The van der Waals surface area contributed by atoms with Crippen LogP contribution in [0.25, 0.3) is 0 Å². The van der Waals surface area contributed by atoms with Crippen LogP contribution in [-0.4, -0.2) is 338 Å². The molecule has 0 aromatic heterocycles. The van der Waals surface area contributed by atoms with Crippen molar-refractivity contribution in [3.63, 3.8) is 0 Å². The highest BCUT2D eigenvalue weighted by Crippen LogP contribution is 2.12. The van der Waals surface area contributed by atoms with Crippen molar-refractivity contribution in [2.45, 2.75) is 118 Å². The Labute approximate surface area is 560 Å². The van der Waals surface area contributed by atoms with Gasteiger partial charge in [-0.05, 0) is 83.1 Å². The summed E-state index contributed by atoms with van der Waals surface area (Å²) >= 11 is 0. The van der Waals surface area contributed by atoms with Gasteiger partial charge < -0.3 is 124 Å². The van der Waals surface area contributed by atoms with Crippen LogP contribution in [0.2, 0.25) is 0 Å².